The van der Waals surface area contributed by atoms with Gasteiger partial charge in [0.1, 0.15) is 22.9 Å². The minimum Gasteiger partial charge on any atom is -0.495 e. The lowest BCUT2D eigenvalue weighted by molar-refractivity contribution is -0.135. The minimum absolute atomic E-state index is 0.0488. The zero-order chi connectivity index (χ0) is 23.5. The minimum atomic E-state index is -4.09. The van der Waals surface area contributed by atoms with Gasteiger partial charge in [-0.3, -0.25) is 9.10 Å². The Morgan fingerprint density at radius 3 is 2.50 bits per heavy atom. The van der Waals surface area contributed by atoms with Crippen LogP contribution in [0.5, 0.6) is 11.5 Å². The number of aliphatic carboxylic acids is 1. The summed E-state index contributed by atoms with van der Waals surface area (Å²) < 4.78 is 39.5. The first kappa shape index (κ1) is 23.2. The zero-order valence-corrected chi connectivity index (χ0v) is 18.7. The first-order valence-electron chi connectivity index (χ1n) is 9.84. The number of carboxylic acid groups (broad SMARTS) is 1. The number of sulfonamides is 1. The molecule has 2 amide bonds. The SMILES string of the molecule is COc1cc(OC)c(S(=O)(=O)N2c3ccccc3CC[C@H]2C)cc1NC(=O)NCC(=O)O. The topological polar surface area (TPSA) is 134 Å². The van der Waals surface area contributed by atoms with E-state index in [1.165, 1.54) is 30.7 Å². The lowest BCUT2D eigenvalue weighted by Gasteiger charge is -2.36. The molecule has 0 radical (unpaired) electrons. The number of benzene rings is 2. The predicted octanol–water partition coefficient (Wildman–Crippen LogP) is 2.44. The Kier molecular flexibility index (Phi) is 6.78. The molecule has 0 aromatic heterocycles. The number of hydrogen-bond acceptors (Lipinski definition) is 6. The van der Waals surface area contributed by atoms with Gasteiger partial charge in [-0.2, -0.15) is 0 Å². The highest BCUT2D eigenvalue weighted by Gasteiger charge is 2.36. The number of fused-ring (bicyclic) bond motifs is 1. The normalized spacial score (nSPS) is 15.5. The Labute approximate surface area is 186 Å². The quantitative estimate of drug-likeness (QED) is 0.574. The Bertz CT molecular complexity index is 1130. The van der Waals surface area contributed by atoms with Crippen LogP contribution in [0.2, 0.25) is 0 Å². The number of amides is 2. The molecule has 1 heterocycles. The molecule has 1 aliphatic rings. The van der Waals surface area contributed by atoms with Crippen molar-refractivity contribution in [3.8, 4) is 11.5 Å². The summed E-state index contributed by atoms with van der Waals surface area (Å²) in [4.78, 5) is 22.6. The molecule has 32 heavy (non-hydrogen) atoms. The van der Waals surface area contributed by atoms with Crippen molar-refractivity contribution in [1.29, 1.82) is 0 Å². The molecular formula is C21H25N3O7S. The molecule has 1 atom stereocenters. The van der Waals surface area contributed by atoms with Crippen molar-refractivity contribution in [3.05, 3.63) is 42.0 Å². The number of aryl methyl sites for hydroxylation is 1. The van der Waals surface area contributed by atoms with E-state index in [9.17, 15) is 18.0 Å². The summed E-state index contributed by atoms with van der Waals surface area (Å²) in [6.45, 7) is 1.24. The van der Waals surface area contributed by atoms with E-state index in [2.05, 4.69) is 10.6 Å². The summed E-state index contributed by atoms with van der Waals surface area (Å²) in [7, 11) is -1.39. The van der Waals surface area contributed by atoms with E-state index in [0.29, 0.717) is 12.1 Å². The third-order valence-electron chi connectivity index (χ3n) is 5.13. The molecular weight excluding hydrogens is 438 g/mol. The number of ether oxygens (including phenoxy) is 2. The van der Waals surface area contributed by atoms with E-state index >= 15 is 0 Å². The summed E-state index contributed by atoms with van der Waals surface area (Å²) in [6.07, 6.45) is 1.41. The summed E-state index contributed by atoms with van der Waals surface area (Å²) in [6, 6.07) is 8.80. The summed E-state index contributed by atoms with van der Waals surface area (Å²) in [5.41, 5.74) is 1.57. The van der Waals surface area contributed by atoms with Crippen LogP contribution in [0.1, 0.15) is 18.9 Å². The first-order chi connectivity index (χ1) is 15.2. The molecule has 10 nitrogen and oxygen atoms in total. The molecule has 0 bridgehead atoms. The molecule has 0 fully saturated rings. The van der Waals surface area contributed by atoms with Crippen molar-refractivity contribution >= 4 is 33.4 Å². The highest BCUT2D eigenvalue weighted by molar-refractivity contribution is 7.93. The van der Waals surface area contributed by atoms with Crippen molar-refractivity contribution in [2.45, 2.75) is 30.7 Å². The predicted molar refractivity (Wildman–Crippen MR) is 118 cm³/mol. The summed E-state index contributed by atoms with van der Waals surface area (Å²) >= 11 is 0. The number of carbonyl (C=O) groups excluding carboxylic acids is 1. The van der Waals surface area contributed by atoms with Crippen LogP contribution in [0.4, 0.5) is 16.2 Å². The Morgan fingerprint density at radius 1 is 1.16 bits per heavy atom. The molecule has 0 saturated heterocycles. The lowest BCUT2D eigenvalue weighted by atomic mass is 9.99. The van der Waals surface area contributed by atoms with E-state index in [4.69, 9.17) is 14.6 Å². The van der Waals surface area contributed by atoms with Crippen LogP contribution < -0.4 is 24.4 Å². The third kappa shape index (κ3) is 4.57. The van der Waals surface area contributed by atoms with E-state index in [0.717, 1.165) is 12.0 Å². The number of rotatable bonds is 7. The molecule has 11 heteroatoms. The van der Waals surface area contributed by atoms with Gasteiger partial charge in [-0.25, -0.2) is 13.2 Å². The van der Waals surface area contributed by atoms with Crippen LogP contribution in [0.25, 0.3) is 0 Å². The van der Waals surface area contributed by atoms with Gasteiger partial charge in [0, 0.05) is 12.1 Å². The Morgan fingerprint density at radius 2 is 1.84 bits per heavy atom. The average Bonchev–Trinajstić information content (AvgIpc) is 2.77. The van der Waals surface area contributed by atoms with E-state index in [-0.39, 0.29) is 28.1 Å². The van der Waals surface area contributed by atoms with Crippen LogP contribution in [0, 0.1) is 0 Å². The Hall–Kier alpha value is -3.47. The molecule has 0 spiro atoms. The Balaban J connectivity index is 2.08. The zero-order valence-electron chi connectivity index (χ0n) is 17.9. The molecule has 3 rings (SSSR count). The fourth-order valence-corrected chi connectivity index (χ4v) is 5.51. The summed E-state index contributed by atoms with van der Waals surface area (Å²) in [5, 5.41) is 13.3. The van der Waals surface area contributed by atoms with Crippen LogP contribution in [-0.2, 0) is 21.2 Å². The standard InChI is InChI=1S/C21H25N3O7S/c1-13-8-9-14-6-4-5-7-16(14)24(13)32(28,29)19-10-15(17(30-2)11-18(19)31-3)23-21(27)22-12-20(25)26/h4-7,10-11,13H,8-9,12H2,1-3H3,(H,25,26)(H2,22,23,27)/t13-/m1/s1. The molecule has 0 unspecified atom stereocenters. The first-order valence-corrected chi connectivity index (χ1v) is 11.3. The fourth-order valence-electron chi connectivity index (χ4n) is 3.62. The highest BCUT2D eigenvalue weighted by Crippen LogP contribution is 2.41. The van der Waals surface area contributed by atoms with Gasteiger partial charge in [-0.05, 0) is 37.5 Å². The van der Waals surface area contributed by atoms with Gasteiger partial charge in [0.15, 0.2) is 0 Å². The van der Waals surface area contributed by atoms with E-state index < -0.39 is 28.6 Å². The van der Waals surface area contributed by atoms with Crippen LogP contribution >= 0.6 is 0 Å². The number of nitrogens with zero attached hydrogens (tertiary/aromatic N) is 1. The van der Waals surface area contributed by atoms with Gasteiger partial charge in [0.2, 0.25) is 0 Å². The number of anilines is 2. The maximum absolute atomic E-state index is 13.8. The van der Waals surface area contributed by atoms with Gasteiger partial charge in [0.25, 0.3) is 10.0 Å². The number of carbonyl (C=O) groups is 2. The average molecular weight is 464 g/mol. The third-order valence-corrected chi connectivity index (χ3v) is 7.08. The van der Waals surface area contributed by atoms with E-state index in [1.54, 1.807) is 12.1 Å². The summed E-state index contributed by atoms with van der Waals surface area (Å²) in [5.74, 6) is -1.02. The van der Waals surface area contributed by atoms with Gasteiger partial charge in [-0.15, -0.1) is 0 Å². The van der Waals surface area contributed by atoms with Crippen molar-refractivity contribution in [2.75, 3.05) is 30.4 Å². The van der Waals surface area contributed by atoms with Crippen molar-refractivity contribution < 1.29 is 32.6 Å². The van der Waals surface area contributed by atoms with Crippen molar-refractivity contribution in [3.63, 3.8) is 0 Å². The largest absolute Gasteiger partial charge is 0.495 e. The molecule has 0 saturated carbocycles. The second-order valence-electron chi connectivity index (χ2n) is 7.22. The lowest BCUT2D eigenvalue weighted by Crippen LogP contribution is -2.42. The maximum Gasteiger partial charge on any atom is 0.323 e. The van der Waals surface area contributed by atoms with Crippen LogP contribution in [-0.4, -0.2) is 52.3 Å². The molecule has 1 aliphatic heterocycles. The van der Waals surface area contributed by atoms with Crippen molar-refractivity contribution in [2.24, 2.45) is 0 Å². The van der Waals surface area contributed by atoms with Gasteiger partial charge in [0.05, 0.1) is 25.6 Å². The monoisotopic (exact) mass is 463 g/mol. The smallest absolute Gasteiger partial charge is 0.323 e. The highest BCUT2D eigenvalue weighted by atomic mass is 32.2. The number of hydrogen-bond donors (Lipinski definition) is 3. The van der Waals surface area contributed by atoms with Gasteiger partial charge in [-0.1, -0.05) is 18.2 Å². The van der Waals surface area contributed by atoms with Crippen LogP contribution in [0.3, 0.4) is 0 Å². The van der Waals surface area contributed by atoms with Gasteiger partial charge < -0.3 is 25.2 Å². The maximum atomic E-state index is 13.8. The molecule has 2 aromatic rings. The van der Waals surface area contributed by atoms with Crippen LogP contribution in [0.15, 0.2) is 41.3 Å². The van der Waals surface area contributed by atoms with Crippen molar-refractivity contribution in [1.82, 2.24) is 5.32 Å². The molecule has 172 valence electrons. The molecule has 0 aliphatic carbocycles. The van der Waals surface area contributed by atoms with E-state index in [1.807, 2.05) is 19.1 Å². The second-order valence-corrected chi connectivity index (χ2v) is 9.01. The number of methoxy groups -OCH3 is 2. The number of urea groups is 1. The molecule has 3 N–H and O–H groups in total. The van der Waals surface area contributed by atoms with Gasteiger partial charge >= 0.3 is 12.0 Å². The number of nitrogens with one attached hydrogen (secondary N) is 2. The fraction of sp³-hybridized carbons (Fsp3) is 0.333. The molecule has 2 aromatic carbocycles. The number of para-hydroxylation sites is 1. The second kappa shape index (κ2) is 9.35. The number of carboxylic acids is 1.